The predicted octanol–water partition coefficient (Wildman–Crippen LogP) is 2.94. The largest absolute Gasteiger partial charge is 0.397 e. The summed E-state index contributed by atoms with van der Waals surface area (Å²) in [6, 6.07) is 0. The fourth-order valence-corrected chi connectivity index (χ4v) is 0.917. The fraction of sp³-hybridized carbons (Fsp3) is 0.500. The van der Waals surface area contributed by atoms with E-state index in [4.69, 9.17) is 5.73 Å². The van der Waals surface area contributed by atoms with Crippen molar-refractivity contribution < 1.29 is 0 Å². The van der Waals surface area contributed by atoms with Crippen molar-refractivity contribution >= 4 is 11.4 Å². The summed E-state index contributed by atoms with van der Waals surface area (Å²) in [6.45, 7) is 17.7. The number of hydrogen-bond donors (Lipinski definition) is 1. The van der Waals surface area contributed by atoms with Gasteiger partial charge in [0.25, 0.3) is 0 Å². The summed E-state index contributed by atoms with van der Waals surface area (Å²) in [5.74, 6) is 0. The van der Waals surface area contributed by atoms with Crippen LogP contribution in [0.15, 0.2) is 34.4 Å². The van der Waals surface area contributed by atoms with Crippen LogP contribution >= 0.6 is 0 Å². The Hall–Kier alpha value is -1.38. The van der Waals surface area contributed by atoms with Crippen molar-refractivity contribution in [3.63, 3.8) is 0 Å². The lowest BCUT2D eigenvalue weighted by atomic mass is 10.1. The first-order valence-electron chi connectivity index (χ1n) is 5.33. The summed E-state index contributed by atoms with van der Waals surface area (Å²) in [4.78, 5) is 8.18. The fourth-order valence-electron chi connectivity index (χ4n) is 0.917. The second-order valence-electron chi connectivity index (χ2n) is 2.46. The van der Waals surface area contributed by atoms with Crippen molar-refractivity contribution in [3.8, 4) is 0 Å². The molecule has 0 saturated carbocycles. The number of aliphatic imine (C=N–C) groups is 2. The van der Waals surface area contributed by atoms with E-state index in [0.717, 1.165) is 11.3 Å². The second kappa shape index (κ2) is 9.19. The van der Waals surface area contributed by atoms with Gasteiger partial charge in [-0.25, -0.2) is 0 Å². The molecule has 0 amide bonds. The maximum atomic E-state index is 5.48. The van der Waals surface area contributed by atoms with Crippen LogP contribution in [0.3, 0.4) is 0 Å². The monoisotopic (exact) mass is 209 g/mol. The Morgan fingerprint density at radius 3 is 1.73 bits per heavy atom. The molecule has 86 valence electrons. The van der Waals surface area contributed by atoms with Gasteiger partial charge in [0.05, 0.1) is 11.4 Å². The van der Waals surface area contributed by atoms with Gasteiger partial charge >= 0.3 is 0 Å². The number of rotatable bonds is 2. The average molecular weight is 209 g/mol. The summed E-state index contributed by atoms with van der Waals surface area (Å²) < 4.78 is 0. The number of hydrogen-bond acceptors (Lipinski definition) is 3. The lowest BCUT2D eigenvalue weighted by Crippen LogP contribution is -2.18. The Morgan fingerprint density at radius 1 is 1.07 bits per heavy atom. The molecule has 0 aromatic rings. The molecule has 2 N–H and O–H groups in total. The van der Waals surface area contributed by atoms with Gasteiger partial charge in [0.15, 0.2) is 0 Å². The van der Waals surface area contributed by atoms with Crippen LogP contribution in [0.4, 0.5) is 0 Å². The molecule has 1 rings (SSSR count). The molecule has 1 aliphatic rings. The van der Waals surface area contributed by atoms with E-state index in [9.17, 15) is 0 Å². The summed E-state index contributed by atoms with van der Waals surface area (Å²) in [7, 11) is 0. The summed E-state index contributed by atoms with van der Waals surface area (Å²) in [6.07, 6.45) is 0. The van der Waals surface area contributed by atoms with E-state index in [2.05, 4.69) is 23.1 Å². The van der Waals surface area contributed by atoms with Crippen molar-refractivity contribution in [2.45, 2.75) is 34.6 Å². The molecule has 0 spiro atoms. The summed E-state index contributed by atoms with van der Waals surface area (Å²) >= 11 is 0. The molecule has 0 saturated heterocycles. The van der Waals surface area contributed by atoms with E-state index in [-0.39, 0.29) is 0 Å². The third-order valence-electron chi connectivity index (χ3n) is 1.39. The molecule has 0 atom stereocenters. The lowest BCUT2D eigenvalue weighted by molar-refractivity contribution is 1.10. The molecular weight excluding hydrogens is 186 g/mol. The Morgan fingerprint density at radius 2 is 1.47 bits per heavy atom. The number of nitrogens with two attached hydrogens (primary N) is 1. The molecule has 0 fully saturated rings. The first-order valence-corrected chi connectivity index (χ1v) is 5.33. The highest BCUT2D eigenvalue weighted by Crippen LogP contribution is 2.06. The molecule has 1 heterocycles. The Balaban J connectivity index is 0. The van der Waals surface area contributed by atoms with E-state index in [1.807, 2.05) is 34.6 Å². The van der Waals surface area contributed by atoms with Gasteiger partial charge in [-0.3, -0.25) is 9.98 Å². The van der Waals surface area contributed by atoms with E-state index >= 15 is 0 Å². The van der Waals surface area contributed by atoms with Gasteiger partial charge in [-0.2, -0.15) is 0 Å². The van der Waals surface area contributed by atoms with Gasteiger partial charge in [-0.15, -0.1) is 0 Å². The van der Waals surface area contributed by atoms with Crippen molar-refractivity contribution in [1.29, 1.82) is 0 Å². The minimum Gasteiger partial charge on any atom is -0.397 e. The molecular formula is C12H23N3. The summed E-state index contributed by atoms with van der Waals surface area (Å²) in [5, 5.41) is 0. The average Bonchev–Trinajstić information content (AvgIpc) is 2.72. The van der Waals surface area contributed by atoms with Crippen LogP contribution in [0.1, 0.15) is 34.6 Å². The highest BCUT2D eigenvalue weighted by molar-refractivity contribution is 6.53. The van der Waals surface area contributed by atoms with E-state index in [1.165, 1.54) is 0 Å². The van der Waals surface area contributed by atoms with Gasteiger partial charge in [0, 0.05) is 0 Å². The molecule has 0 aromatic carbocycles. The molecule has 0 radical (unpaired) electrons. The van der Waals surface area contributed by atoms with Crippen molar-refractivity contribution in [2.75, 3.05) is 6.67 Å². The molecule has 0 aliphatic carbocycles. The molecule has 3 heteroatoms. The highest BCUT2D eigenvalue weighted by Gasteiger charge is 2.14. The SMILES string of the molecule is C=C(C)C1=NCN=C1C(=C)N.CC.CC. The third kappa shape index (κ3) is 5.15. The minimum atomic E-state index is 0.452. The lowest BCUT2D eigenvalue weighted by Gasteiger charge is -2.01. The maximum absolute atomic E-state index is 5.48. The molecule has 15 heavy (non-hydrogen) atoms. The normalized spacial score (nSPS) is 12.3. The van der Waals surface area contributed by atoms with Gasteiger partial charge in [0.1, 0.15) is 12.4 Å². The van der Waals surface area contributed by atoms with E-state index in [1.54, 1.807) is 0 Å². The van der Waals surface area contributed by atoms with Crippen molar-refractivity contribution in [2.24, 2.45) is 15.7 Å². The predicted molar refractivity (Wildman–Crippen MR) is 70.6 cm³/mol. The molecule has 0 unspecified atom stereocenters. The van der Waals surface area contributed by atoms with Crippen molar-refractivity contribution in [3.05, 3.63) is 24.4 Å². The Bertz CT molecular complexity index is 245. The summed E-state index contributed by atoms with van der Waals surface area (Å²) in [5.41, 5.74) is 8.30. The third-order valence-corrected chi connectivity index (χ3v) is 1.39. The van der Waals surface area contributed by atoms with E-state index < -0.39 is 0 Å². The van der Waals surface area contributed by atoms with E-state index in [0.29, 0.717) is 18.1 Å². The van der Waals surface area contributed by atoms with Crippen LogP contribution in [-0.2, 0) is 0 Å². The zero-order valence-corrected chi connectivity index (χ0v) is 10.6. The van der Waals surface area contributed by atoms with Crippen LogP contribution in [0.5, 0.6) is 0 Å². The van der Waals surface area contributed by atoms with Crippen LogP contribution in [0.25, 0.3) is 0 Å². The quantitative estimate of drug-likeness (QED) is 0.747. The van der Waals surface area contributed by atoms with Gasteiger partial charge in [0.2, 0.25) is 0 Å². The van der Waals surface area contributed by atoms with Crippen molar-refractivity contribution in [1.82, 2.24) is 0 Å². The maximum Gasteiger partial charge on any atom is 0.131 e. The van der Waals surface area contributed by atoms with Gasteiger partial charge < -0.3 is 5.73 Å². The molecule has 0 bridgehead atoms. The zero-order chi connectivity index (χ0) is 12.4. The van der Waals surface area contributed by atoms with Gasteiger partial charge in [-0.1, -0.05) is 40.9 Å². The van der Waals surface area contributed by atoms with Gasteiger partial charge in [-0.05, 0) is 12.5 Å². The minimum absolute atomic E-state index is 0.452. The smallest absolute Gasteiger partial charge is 0.131 e. The highest BCUT2D eigenvalue weighted by atomic mass is 15.0. The van der Waals surface area contributed by atoms with Crippen LogP contribution in [0.2, 0.25) is 0 Å². The topological polar surface area (TPSA) is 50.7 Å². The Kier molecular flexibility index (Phi) is 9.84. The first-order chi connectivity index (χ1) is 7.13. The second-order valence-corrected chi connectivity index (χ2v) is 2.46. The molecule has 3 nitrogen and oxygen atoms in total. The number of nitrogens with zero attached hydrogens (tertiary/aromatic N) is 2. The molecule has 1 aliphatic heterocycles. The first kappa shape index (κ1) is 16.1. The zero-order valence-electron chi connectivity index (χ0n) is 10.6. The number of allylic oxidation sites excluding steroid dienone is 2. The standard InChI is InChI=1S/C8H11N3.2C2H6/c1-5(2)7-8(6(3)9)11-4-10-7;2*1-2/h1,3-4,9H2,2H3;2*1-2H3. The van der Waals surface area contributed by atoms with Crippen LogP contribution in [0, 0.1) is 0 Å². The molecule has 0 aromatic heterocycles. The Labute approximate surface area is 93.5 Å². The van der Waals surface area contributed by atoms with Crippen LogP contribution < -0.4 is 5.73 Å². The van der Waals surface area contributed by atoms with Crippen LogP contribution in [-0.4, -0.2) is 18.1 Å².